The van der Waals surface area contributed by atoms with Crippen LogP contribution in [0.4, 0.5) is 8.78 Å². The monoisotopic (exact) mass is 465 g/mol. The number of amides is 1. The Labute approximate surface area is 194 Å². The largest absolute Gasteiger partial charge is 0.381 e. The smallest absolute Gasteiger partial charge is 0.261 e. The van der Waals surface area contributed by atoms with Crippen molar-refractivity contribution in [3.63, 3.8) is 0 Å². The zero-order chi connectivity index (χ0) is 23.3. The number of halogens is 2. The fourth-order valence-electron chi connectivity index (χ4n) is 6.11. The van der Waals surface area contributed by atoms with E-state index < -0.39 is 29.8 Å². The normalized spacial score (nSPS) is 29.9. The molecule has 2 aliphatic carbocycles. The van der Waals surface area contributed by atoms with Crippen molar-refractivity contribution >= 4 is 23.2 Å². The number of ether oxygens (including phenoxy) is 1. The Morgan fingerprint density at radius 2 is 1.97 bits per heavy atom. The van der Waals surface area contributed by atoms with Crippen molar-refractivity contribution in [1.29, 1.82) is 0 Å². The topological polar surface area (TPSA) is 58.8 Å². The van der Waals surface area contributed by atoms with Crippen LogP contribution in [0.25, 0.3) is 0 Å². The van der Waals surface area contributed by atoms with Crippen LogP contribution in [0.2, 0.25) is 0 Å². The predicted octanol–water partition coefficient (Wildman–Crippen LogP) is 4.17. The Balaban J connectivity index is 1.83. The Kier molecular flexibility index (Phi) is 6.33. The molecule has 2 fully saturated rings. The zero-order valence-corrected chi connectivity index (χ0v) is 19.9. The lowest BCUT2D eigenvalue weighted by molar-refractivity contribution is -0.145. The van der Waals surface area contributed by atoms with E-state index in [1.165, 1.54) is 5.01 Å². The lowest BCUT2D eigenvalue weighted by Gasteiger charge is -2.49. The van der Waals surface area contributed by atoms with Crippen molar-refractivity contribution in [2.24, 2.45) is 17.2 Å². The van der Waals surface area contributed by atoms with E-state index in [1.807, 2.05) is 0 Å². The molecular formula is C24H33F2N3O2S. The molecule has 3 aliphatic rings. The van der Waals surface area contributed by atoms with Gasteiger partial charge in [-0.1, -0.05) is 32.0 Å². The number of fused-ring (bicyclic) bond motifs is 3. The fourth-order valence-corrected chi connectivity index (χ4v) is 6.40. The fraction of sp³-hybridized carbons (Fsp3) is 0.667. The van der Waals surface area contributed by atoms with Gasteiger partial charge in [-0.2, -0.15) is 0 Å². The van der Waals surface area contributed by atoms with Gasteiger partial charge < -0.3 is 4.74 Å². The summed E-state index contributed by atoms with van der Waals surface area (Å²) in [5, 5.41) is 1.34. The molecule has 32 heavy (non-hydrogen) atoms. The second kappa shape index (κ2) is 8.61. The van der Waals surface area contributed by atoms with E-state index in [0.717, 1.165) is 60.1 Å². The van der Waals surface area contributed by atoms with E-state index in [4.69, 9.17) is 22.8 Å². The summed E-state index contributed by atoms with van der Waals surface area (Å²) in [5.41, 5.74) is 1.33. The van der Waals surface area contributed by atoms with Crippen LogP contribution in [0.5, 0.6) is 0 Å². The first-order valence-corrected chi connectivity index (χ1v) is 11.9. The van der Waals surface area contributed by atoms with Gasteiger partial charge >= 0.3 is 0 Å². The molecule has 2 spiro atoms. The van der Waals surface area contributed by atoms with Gasteiger partial charge in [-0.15, -0.1) is 0 Å². The number of hydrazine groups is 1. The van der Waals surface area contributed by atoms with Crippen molar-refractivity contribution in [1.82, 2.24) is 9.91 Å². The molecule has 1 aromatic rings. The maximum Gasteiger partial charge on any atom is 0.261 e. The van der Waals surface area contributed by atoms with Crippen LogP contribution < -0.4 is 5.84 Å². The second-order valence-corrected chi connectivity index (χ2v) is 10.4. The van der Waals surface area contributed by atoms with Crippen molar-refractivity contribution in [2.75, 3.05) is 13.7 Å². The van der Waals surface area contributed by atoms with E-state index in [0.29, 0.717) is 12.3 Å². The number of rotatable bonds is 6. The van der Waals surface area contributed by atoms with Crippen molar-refractivity contribution < 1.29 is 18.3 Å². The number of carbonyl (C=O) groups is 1. The van der Waals surface area contributed by atoms with E-state index in [-0.39, 0.29) is 11.2 Å². The van der Waals surface area contributed by atoms with Gasteiger partial charge in [-0.25, -0.2) is 14.6 Å². The zero-order valence-electron chi connectivity index (χ0n) is 19.1. The highest BCUT2D eigenvalue weighted by Crippen LogP contribution is 2.62. The number of aryl methyl sites for hydroxylation is 1. The SMILES string of the molecule is COC1CCC2(CC1)Cc1ccc(CCC(C)C)cc1C21C(=O)N(CC(F)F)C(=S)N1N. The first kappa shape index (κ1) is 23.5. The minimum absolute atomic E-state index is 0.0102. The minimum atomic E-state index is -2.68. The van der Waals surface area contributed by atoms with E-state index in [9.17, 15) is 13.6 Å². The van der Waals surface area contributed by atoms with Crippen LogP contribution in [-0.4, -0.2) is 47.1 Å². The molecule has 1 aliphatic heterocycles. The van der Waals surface area contributed by atoms with Crippen LogP contribution in [0, 0.1) is 11.3 Å². The molecule has 1 unspecified atom stereocenters. The molecule has 1 amide bonds. The predicted molar refractivity (Wildman–Crippen MR) is 123 cm³/mol. The number of nitrogens with two attached hydrogens (primary N) is 1. The molecule has 1 aromatic carbocycles. The summed E-state index contributed by atoms with van der Waals surface area (Å²) in [5.74, 6) is 6.74. The summed E-state index contributed by atoms with van der Waals surface area (Å²) in [6.45, 7) is 3.63. The lowest BCUT2D eigenvalue weighted by Crippen LogP contribution is -2.60. The van der Waals surface area contributed by atoms with Crippen LogP contribution >= 0.6 is 12.2 Å². The molecular weight excluding hydrogens is 432 g/mol. The number of benzene rings is 1. The molecule has 176 valence electrons. The van der Waals surface area contributed by atoms with E-state index in [1.54, 1.807) is 7.11 Å². The highest BCUT2D eigenvalue weighted by atomic mass is 32.1. The Hall–Kier alpha value is -1.64. The van der Waals surface area contributed by atoms with Crippen LogP contribution in [0.15, 0.2) is 18.2 Å². The van der Waals surface area contributed by atoms with Gasteiger partial charge in [0.05, 0.1) is 12.6 Å². The van der Waals surface area contributed by atoms with E-state index in [2.05, 4.69) is 32.0 Å². The second-order valence-electron chi connectivity index (χ2n) is 9.99. The molecule has 0 radical (unpaired) electrons. The third-order valence-electron chi connectivity index (χ3n) is 7.77. The van der Waals surface area contributed by atoms with Gasteiger partial charge in [0.2, 0.25) is 0 Å². The van der Waals surface area contributed by atoms with Gasteiger partial charge in [0.25, 0.3) is 12.3 Å². The Bertz CT molecular complexity index is 901. The van der Waals surface area contributed by atoms with Gasteiger partial charge in [-0.3, -0.25) is 14.7 Å². The van der Waals surface area contributed by atoms with Crippen molar-refractivity contribution in [3.8, 4) is 0 Å². The number of methoxy groups -OCH3 is 1. The average Bonchev–Trinajstić information content (AvgIpc) is 3.13. The third kappa shape index (κ3) is 3.46. The molecule has 2 N–H and O–H groups in total. The van der Waals surface area contributed by atoms with Crippen LogP contribution in [-0.2, 0) is 27.9 Å². The molecule has 0 aromatic heterocycles. The Morgan fingerprint density at radius 3 is 2.56 bits per heavy atom. The minimum Gasteiger partial charge on any atom is -0.381 e. The maximum absolute atomic E-state index is 14.0. The molecule has 1 heterocycles. The number of carbonyl (C=O) groups excluding carboxylic acids is 1. The van der Waals surface area contributed by atoms with Gasteiger partial charge in [0.15, 0.2) is 10.7 Å². The lowest BCUT2D eigenvalue weighted by atomic mass is 9.61. The number of thiocarbonyl (C=S) groups is 1. The molecule has 1 saturated carbocycles. The van der Waals surface area contributed by atoms with Crippen molar-refractivity contribution in [2.45, 2.75) is 76.9 Å². The van der Waals surface area contributed by atoms with Gasteiger partial charge in [0.1, 0.15) is 0 Å². The summed E-state index contributed by atoms with van der Waals surface area (Å²) in [4.78, 5) is 15.0. The summed E-state index contributed by atoms with van der Waals surface area (Å²) in [6.07, 6.45) is 3.12. The number of alkyl halides is 2. The highest BCUT2D eigenvalue weighted by molar-refractivity contribution is 7.80. The average molecular weight is 466 g/mol. The first-order chi connectivity index (χ1) is 15.2. The highest BCUT2D eigenvalue weighted by Gasteiger charge is 2.70. The third-order valence-corrected chi connectivity index (χ3v) is 8.18. The molecule has 1 atom stereocenters. The maximum atomic E-state index is 14.0. The van der Waals surface area contributed by atoms with Crippen molar-refractivity contribution in [3.05, 3.63) is 34.9 Å². The number of hydrogen-bond acceptors (Lipinski definition) is 4. The van der Waals surface area contributed by atoms with Gasteiger partial charge in [0, 0.05) is 12.5 Å². The molecule has 0 bridgehead atoms. The summed E-state index contributed by atoms with van der Waals surface area (Å²) >= 11 is 5.46. The van der Waals surface area contributed by atoms with Crippen LogP contribution in [0.3, 0.4) is 0 Å². The van der Waals surface area contributed by atoms with Crippen LogP contribution in [0.1, 0.15) is 62.6 Å². The standard InChI is InChI=1S/C24H33F2N3O2S/c1-15(2)4-5-16-6-7-17-13-23(10-8-18(31-3)9-11-23)24(19(17)12-16)21(30)28(14-20(25)26)22(32)29(24)27/h6-7,12,15,18,20H,4-5,8-11,13-14,27H2,1-3H3. The Morgan fingerprint density at radius 1 is 1.28 bits per heavy atom. The van der Waals surface area contributed by atoms with Gasteiger partial charge in [-0.05, 0) is 79.8 Å². The summed E-state index contributed by atoms with van der Waals surface area (Å²) < 4.78 is 32.3. The molecule has 4 rings (SSSR count). The summed E-state index contributed by atoms with van der Waals surface area (Å²) in [6, 6.07) is 6.31. The molecule has 5 nitrogen and oxygen atoms in total. The number of hydrogen-bond donors (Lipinski definition) is 1. The van der Waals surface area contributed by atoms with E-state index >= 15 is 0 Å². The number of nitrogens with zero attached hydrogens (tertiary/aromatic N) is 2. The molecule has 1 saturated heterocycles. The summed E-state index contributed by atoms with van der Waals surface area (Å²) in [7, 11) is 1.71. The molecule has 8 heteroatoms. The quantitative estimate of drug-likeness (QED) is 0.505. The first-order valence-electron chi connectivity index (χ1n) is 11.5.